The SMILES string of the molecule is CC1(C)CC(O)C(=Cc2ccco2)C(C)(C)N1. The van der Waals surface area contributed by atoms with Gasteiger partial charge in [-0.15, -0.1) is 0 Å². The van der Waals surface area contributed by atoms with Gasteiger partial charge in [-0.1, -0.05) is 0 Å². The quantitative estimate of drug-likeness (QED) is 0.786. The van der Waals surface area contributed by atoms with E-state index in [1.165, 1.54) is 0 Å². The van der Waals surface area contributed by atoms with Crippen LogP contribution in [0.2, 0.25) is 0 Å². The number of aliphatic hydroxyl groups is 1. The molecule has 0 aromatic carbocycles. The molecule has 1 fully saturated rings. The molecule has 1 aromatic rings. The molecule has 2 N–H and O–H groups in total. The first kappa shape index (κ1) is 12.4. The van der Waals surface area contributed by atoms with E-state index in [9.17, 15) is 5.11 Å². The van der Waals surface area contributed by atoms with Gasteiger partial charge in [0.1, 0.15) is 5.76 Å². The normalized spacial score (nSPS) is 29.5. The first-order valence-corrected chi connectivity index (χ1v) is 6.03. The van der Waals surface area contributed by atoms with Crippen LogP contribution in [-0.4, -0.2) is 22.3 Å². The third kappa shape index (κ3) is 2.61. The van der Waals surface area contributed by atoms with E-state index in [-0.39, 0.29) is 11.1 Å². The molecule has 1 aliphatic rings. The Bertz CT molecular complexity index is 415. The first-order valence-electron chi connectivity index (χ1n) is 6.03. The Morgan fingerprint density at radius 3 is 2.65 bits per heavy atom. The fourth-order valence-corrected chi connectivity index (χ4v) is 2.78. The monoisotopic (exact) mass is 235 g/mol. The molecule has 17 heavy (non-hydrogen) atoms. The fourth-order valence-electron chi connectivity index (χ4n) is 2.78. The molecule has 0 bridgehead atoms. The van der Waals surface area contributed by atoms with Gasteiger partial charge in [-0.3, -0.25) is 0 Å². The number of rotatable bonds is 1. The van der Waals surface area contributed by atoms with Crippen molar-refractivity contribution in [1.29, 1.82) is 0 Å². The maximum absolute atomic E-state index is 10.3. The van der Waals surface area contributed by atoms with Crippen molar-refractivity contribution < 1.29 is 9.52 Å². The van der Waals surface area contributed by atoms with E-state index in [1.54, 1.807) is 6.26 Å². The van der Waals surface area contributed by atoms with E-state index in [2.05, 4.69) is 33.0 Å². The highest BCUT2D eigenvalue weighted by Crippen LogP contribution is 2.34. The lowest BCUT2D eigenvalue weighted by atomic mass is 9.76. The predicted molar refractivity (Wildman–Crippen MR) is 68.6 cm³/mol. The van der Waals surface area contributed by atoms with E-state index in [1.807, 2.05) is 18.2 Å². The molecule has 0 amide bonds. The van der Waals surface area contributed by atoms with Gasteiger partial charge < -0.3 is 14.8 Å². The molecule has 1 aromatic heterocycles. The summed E-state index contributed by atoms with van der Waals surface area (Å²) in [6.07, 6.45) is 3.87. The second-order valence-corrected chi connectivity index (χ2v) is 5.97. The lowest BCUT2D eigenvalue weighted by Crippen LogP contribution is -2.60. The molecule has 1 atom stereocenters. The first-order chi connectivity index (χ1) is 7.80. The van der Waals surface area contributed by atoms with Gasteiger partial charge in [0.15, 0.2) is 0 Å². The summed E-state index contributed by atoms with van der Waals surface area (Å²) in [6.45, 7) is 8.40. The van der Waals surface area contributed by atoms with Crippen LogP contribution in [0.25, 0.3) is 6.08 Å². The van der Waals surface area contributed by atoms with Crippen LogP contribution in [0.3, 0.4) is 0 Å². The van der Waals surface area contributed by atoms with Crippen molar-refractivity contribution in [2.45, 2.75) is 51.3 Å². The van der Waals surface area contributed by atoms with Crippen LogP contribution in [0.5, 0.6) is 0 Å². The predicted octanol–water partition coefficient (Wildman–Crippen LogP) is 2.57. The Balaban J connectivity index is 2.34. The summed E-state index contributed by atoms with van der Waals surface area (Å²) < 4.78 is 5.31. The second-order valence-electron chi connectivity index (χ2n) is 5.97. The van der Waals surface area contributed by atoms with Gasteiger partial charge in [0.2, 0.25) is 0 Å². The number of hydrogen-bond acceptors (Lipinski definition) is 3. The summed E-state index contributed by atoms with van der Waals surface area (Å²) in [7, 11) is 0. The van der Waals surface area contributed by atoms with Gasteiger partial charge in [-0.2, -0.15) is 0 Å². The molecule has 1 aliphatic heterocycles. The largest absolute Gasteiger partial charge is 0.465 e. The number of furan rings is 1. The molecule has 0 aliphatic carbocycles. The van der Waals surface area contributed by atoms with Gasteiger partial charge in [-0.25, -0.2) is 0 Å². The zero-order valence-corrected chi connectivity index (χ0v) is 10.9. The van der Waals surface area contributed by atoms with Crippen LogP contribution < -0.4 is 5.32 Å². The second kappa shape index (κ2) is 4.00. The molecule has 3 heteroatoms. The van der Waals surface area contributed by atoms with Crippen molar-refractivity contribution in [2.24, 2.45) is 0 Å². The van der Waals surface area contributed by atoms with E-state index < -0.39 is 6.10 Å². The van der Waals surface area contributed by atoms with E-state index in [0.717, 1.165) is 11.3 Å². The Hall–Kier alpha value is -1.06. The molecule has 94 valence electrons. The highest BCUT2D eigenvalue weighted by molar-refractivity contribution is 5.53. The number of aliphatic hydroxyl groups excluding tert-OH is 1. The summed E-state index contributed by atoms with van der Waals surface area (Å²) in [5, 5.41) is 13.8. The molecule has 1 unspecified atom stereocenters. The Morgan fingerprint density at radius 1 is 1.41 bits per heavy atom. The number of piperidine rings is 1. The minimum Gasteiger partial charge on any atom is -0.465 e. The van der Waals surface area contributed by atoms with Crippen molar-refractivity contribution in [1.82, 2.24) is 5.32 Å². The third-order valence-electron chi connectivity index (χ3n) is 3.28. The lowest BCUT2D eigenvalue weighted by Gasteiger charge is -2.46. The molecule has 0 saturated carbocycles. The van der Waals surface area contributed by atoms with Crippen molar-refractivity contribution >= 4 is 6.08 Å². The topological polar surface area (TPSA) is 45.4 Å². The van der Waals surface area contributed by atoms with Crippen molar-refractivity contribution in [3.8, 4) is 0 Å². The van der Waals surface area contributed by atoms with Gasteiger partial charge in [0.05, 0.1) is 12.4 Å². The molecular formula is C14H21NO2. The summed E-state index contributed by atoms with van der Waals surface area (Å²) in [4.78, 5) is 0. The maximum atomic E-state index is 10.3. The zero-order chi connectivity index (χ0) is 12.7. The average molecular weight is 235 g/mol. The van der Waals surface area contributed by atoms with Crippen LogP contribution >= 0.6 is 0 Å². The minimum absolute atomic E-state index is 0.0522. The van der Waals surface area contributed by atoms with Gasteiger partial charge in [0, 0.05) is 11.1 Å². The Morgan fingerprint density at radius 2 is 2.12 bits per heavy atom. The number of nitrogens with one attached hydrogen (secondary N) is 1. The highest BCUT2D eigenvalue weighted by atomic mass is 16.3. The van der Waals surface area contributed by atoms with Crippen LogP contribution in [0.4, 0.5) is 0 Å². The molecule has 3 nitrogen and oxygen atoms in total. The summed E-state index contributed by atoms with van der Waals surface area (Å²) in [5.74, 6) is 0.786. The van der Waals surface area contributed by atoms with Crippen molar-refractivity contribution in [3.63, 3.8) is 0 Å². The van der Waals surface area contributed by atoms with Gasteiger partial charge in [0.25, 0.3) is 0 Å². The van der Waals surface area contributed by atoms with Crippen LogP contribution in [0, 0.1) is 0 Å². The van der Waals surface area contributed by atoms with Crippen LogP contribution in [0.1, 0.15) is 39.9 Å². The van der Waals surface area contributed by atoms with E-state index in [0.29, 0.717) is 6.42 Å². The number of hydrogen-bond donors (Lipinski definition) is 2. The minimum atomic E-state index is -0.425. The molecule has 2 heterocycles. The Labute approximate surface area is 103 Å². The summed E-state index contributed by atoms with van der Waals surface area (Å²) in [5.41, 5.74) is 0.698. The molecule has 0 spiro atoms. The maximum Gasteiger partial charge on any atom is 0.126 e. The van der Waals surface area contributed by atoms with Crippen LogP contribution in [-0.2, 0) is 0 Å². The smallest absolute Gasteiger partial charge is 0.126 e. The lowest BCUT2D eigenvalue weighted by molar-refractivity contribution is 0.0959. The highest BCUT2D eigenvalue weighted by Gasteiger charge is 2.40. The van der Waals surface area contributed by atoms with E-state index in [4.69, 9.17) is 4.42 Å². The molecule has 1 saturated heterocycles. The summed E-state index contributed by atoms with van der Waals surface area (Å²) >= 11 is 0. The van der Waals surface area contributed by atoms with Gasteiger partial charge in [-0.05, 0) is 57.9 Å². The zero-order valence-electron chi connectivity index (χ0n) is 10.9. The Kier molecular flexibility index (Phi) is 2.92. The van der Waals surface area contributed by atoms with Crippen molar-refractivity contribution in [3.05, 3.63) is 29.7 Å². The van der Waals surface area contributed by atoms with Crippen LogP contribution in [0.15, 0.2) is 28.4 Å². The summed E-state index contributed by atoms with van der Waals surface area (Å²) in [6, 6.07) is 3.75. The molecular weight excluding hydrogens is 214 g/mol. The average Bonchev–Trinajstić information content (AvgIpc) is 2.60. The van der Waals surface area contributed by atoms with Crippen molar-refractivity contribution in [2.75, 3.05) is 0 Å². The molecule has 2 rings (SSSR count). The fraction of sp³-hybridized carbons (Fsp3) is 0.571. The standard InChI is InChI=1S/C14H21NO2/c1-13(2)9-12(16)11(14(3,4)15-13)8-10-6-5-7-17-10/h5-8,12,15-16H,9H2,1-4H3. The van der Waals surface area contributed by atoms with Gasteiger partial charge >= 0.3 is 0 Å². The third-order valence-corrected chi connectivity index (χ3v) is 3.28. The molecule has 0 radical (unpaired) electrons. The van der Waals surface area contributed by atoms with E-state index >= 15 is 0 Å².